The van der Waals surface area contributed by atoms with E-state index in [0.29, 0.717) is 19.5 Å². The minimum absolute atomic E-state index is 0.00169. The van der Waals surface area contributed by atoms with Gasteiger partial charge in [-0.2, -0.15) is 0 Å². The second-order valence-electron chi connectivity index (χ2n) is 3.41. The van der Waals surface area contributed by atoms with E-state index in [1.165, 1.54) is 12.1 Å². The lowest BCUT2D eigenvalue weighted by Crippen LogP contribution is -2.27. The minimum atomic E-state index is -0.269. The molecule has 3 nitrogen and oxygen atoms in total. The van der Waals surface area contributed by atoms with Crippen LogP contribution in [0.25, 0.3) is 0 Å². The summed E-state index contributed by atoms with van der Waals surface area (Å²) in [6.45, 7) is 0.839. The van der Waals surface area contributed by atoms with E-state index in [1.807, 2.05) is 0 Å². The molecule has 0 aliphatic heterocycles. The van der Waals surface area contributed by atoms with Gasteiger partial charge in [0.05, 0.1) is 0 Å². The lowest BCUT2D eigenvalue weighted by atomic mass is 10.2. The highest BCUT2D eigenvalue weighted by molar-refractivity contribution is 5.76. The second kappa shape index (κ2) is 5.46. The van der Waals surface area contributed by atoms with E-state index in [-0.39, 0.29) is 11.7 Å². The Hall–Kier alpha value is -1.42. The Morgan fingerprint density at radius 3 is 2.53 bits per heavy atom. The molecule has 1 amide bonds. The number of nitrogens with zero attached hydrogens (tertiary/aromatic N) is 1. The topological polar surface area (TPSA) is 46.3 Å². The summed E-state index contributed by atoms with van der Waals surface area (Å²) in [4.78, 5) is 13.0. The van der Waals surface area contributed by atoms with Crippen molar-refractivity contribution in [3.8, 4) is 0 Å². The molecule has 1 rings (SSSR count). The van der Waals surface area contributed by atoms with Gasteiger partial charge in [0.15, 0.2) is 0 Å². The molecule has 0 bridgehead atoms. The molecule has 0 unspecified atom stereocenters. The summed E-state index contributed by atoms with van der Waals surface area (Å²) in [5.74, 6) is -0.267. The molecule has 0 saturated carbocycles. The van der Waals surface area contributed by atoms with Crippen molar-refractivity contribution in [3.63, 3.8) is 0 Å². The van der Waals surface area contributed by atoms with E-state index in [0.717, 1.165) is 5.56 Å². The van der Waals surface area contributed by atoms with E-state index >= 15 is 0 Å². The number of carbonyl (C=O) groups excluding carboxylic acids is 1. The molecule has 82 valence electrons. The molecule has 0 atom stereocenters. The van der Waals surface area contributed by atoms with E-state index in [1.54, 1.807) is 24.1 Å². The van der Waals surface area contributed by atoms with Gasteiger partial charge in [-0.15, -0.1) is 0 Å². The van der Waals surface area contributed by atoms with Crippen LogP contribution in [0.3, 0.4) is 0 Å². The van der Waals surface area contributed by atoms with Gasteiger partial charge in [0.25, 0.3) is 0 Å². The zero-order chi connectivity index (χ0) is 11.3. The number of hydrogen-bond acceptors (Lipinski definition) is 2. The van der Waals surface area contributed by atoms with Gasteiger partial charge in [0, 0.05) is 26.6 Å². The molecule has 0 radical (unpaired) electrons. The zero-order valence-electron chi connectivity index (χ0n) is 8.74. The molecule has 2 N–H and O–H groups in total. The van der Waals surface area contributed by atoms with Gasteiger partial charge in [-0.3, -0.25) is 4.79 Å². The fourth-order valence-corrected chi connectivity index (χ4v) is 1.27. The number of nitrogens with two attached hydrogens (primary N) is 1. The molecule has 0 spiro atoms. The number of amides is 1. The van der Waals surface area contributed by atoms with Crippen LogP contribution < -0.4 is 5.73 Å². The Morgan fingerprint density at radius 1 is 1.40 bits per heavy atom. The first-order valence-corrected chi connectivity index (χ1v) is 4.82. The molecule has 0 aliphatic rings. The van der Waals surface area contributed by atoms with Gasteiger partial charge in [-0.25, -0.2) is 4.39 Å². The van der Waals surface area contributed by atoms with Crippen molar-refractivity contribution < 1.29 is 9.18 Å². The Morgan fingerprint density at radius 2 is 2.00 bits per heavy atom. The van der Waals surface area contributed by atoms with Crippen molar-refractivity contribution in [1.82, 2.24) is 4.90 Å². The van der Waals surface area contributed by atoms with Crippen LogP contribution >= 0.6 is 0 Å². The van der Waals surface area contributed by atoms with Crippen LogP contribution in [0.15, 0.2) is 24.3 Å². The van der Waals surface area contributed by atoms with Gasteiger partial charge < -0.3 is 10.6 Å². The van der Waals surface area contributed by atoms with E-state index in [2.05, 4.69) is 0 Å². The first-order chi connectivity index (χ1) is 7.13. The predicted molar refractivity (Wildman–Crippen MR) is 56.5 cm³/mol. The van der Waals surface area contributed by atoms with Crippen LogP contribution in [0.4, 0.5) is 4.39 Å². The van der Waals surface area contributed by atoms with Crippen molar-refractivity contribution in [1.29, 1.82) is 0 Å². The summed E-state index contributed by atoms with van der Waals surface area (Å²) >= 11 is 0. The maximum atomic E-state index is 12.6. The van der Waals surface area contributed by atoms with E-state index in [4.69, 9.17) is 5.73 Å². The van der Waals surface area contributed by atoms with Crippen molar-refractivity contribution in [2.75, 3.05) is 13.6 Å². The predicted octanol–water partition coefficient (Wildman–Crippen LogP) is 1.13. The molecule has 0 aliphatic carbocycles. The Balaban J connectivity index is 2.54. The van der Waals surface area contributed by atoms with Crippen LogP contribution in [-0.4, -0.2) is 24.4 Å². The fourth-order valence-electron chi connectivity index (χ4n) is 1.27. The highest BCUT2D eigenvalue weighted by Crippen LogP contribution is 2.06. The Bertz CT molecular complexity index is 324. The normalized spacial score (nSPS) is 10.1. The molecule has 0 heterocycles. The van der Waals surface area contributed by atoms with Gasteiger partial charge in [0.2, 0.25) is 5.91 Å². The highest BCUT2D eigenvalue weighted by atomic mass is 19.1. The van der Waals surface area contributed by atoms with Crippen LogP contribution in [0.2, 0.25) is 0 Å². The van der Waals surface area contributed by atoms with Gasteiger partial charge >= 0.3 is 0 Å². The monoisotopic (exact) mass is 210 g/mol. The van der Waals surface area contributed by atoms with Crippen molar-refractivity contribution in [2.24, 2.45) is 5.73 Å². The zero-order valence-corrected chi connectivity index (χ0v) is 8.74. The quantitative estimate of drug-likeness (QED) is 0.809. The van der Waals surface area contributed by atoms with E-state index in [9.17, 15) is 9.18 Å². The minimum Gasteiger partial charge on any atom is -0.341 e. The molecule has 1 aromatic rings. The summed E-state index contributed by atoms with van der Waals surface area (Å²) in [6, 6.07) is 6.11. The largest absolute Gasteiger partial charge is 0.341 e. The smallest absolute Gasteiger partial charge is 0.223 e. The van der Waals surface area contributed by atoms with Crippen molar-refractivity contribution in [3.05, 3.63) is 35.6 Å². The molecule has 0 aromatic heterocycles. The van der Waals surface area contributed by atoms with Crippen molar-refractivity contribution in [2.45, 2.75) is 13.0 Å². The van der Waals surface area contributed by atoms with Gasteiger partial charge in [-0.1, -0.05) is 12.1 Å². The molecular formula is C11H15FN2O. The summed E-state index contributed by atoms with van der Waals surface area (Å²) in [7, 11) is 1.71. The van der Waals surface area contributed by atoms with Crippen LogP contribution in [0, 0.1) is 5.82 Å². The van der Waals surface area contributed by atoms with Crippen molar-refractivity contribution >= 4 is 5.91 Å². The average Bonchev–Trinajstić information content (AvgIpc) is 2.22. The number of halogens is 1. The fraction of sp³-hybridized carbons (Fsp3) is 0.364. The third kappa shape index (κ3) is 3.67. The third-order valence-corrected chi connectivity index (χ3v) is 2.12. The number of benzene rings is 1. The van der Waals surface area contributed by atoms with Crippen LogP contribution in [0.5, 0.6) is 0 Å². The Labute approximate surface area is 88.7 Å². The summed E-state index contributed by atoms with van der Waals surface area (Å²) < 4.78 is 12.6. The standard InChI is InChI=1S/C11H15FN2O/c1-14(11(15)6-7-13)8-9-2-4-10(12)5-3-9/h2-5H,6-8,13H2,1H3. The second-order valence-corrected chi connectivity index (χ2v) is 3.41. The summed E-state index contributed by atoms with van der Waals surface area (Å²) in [6.07, 6.45) is 0.345. The molecule has 0 fully saturated rings. The maximum Gasteiger partial charge on any atom is 0.223 e. The van der Waals surface area contributed by atoms with Crippen LogP contribution in [-0.2, 0) is 11.3 Å². The number of carbonyl (C=O) groups is 1. The van der Waals surface area contributed by atoms with Gasteiger partial charge in [-0.05, 0) is 17.7 Å². The molecule has 0 saturated heterocycles. The SMILES string of the molecule is CN(Cc1ccc(F)cc1)C(=O)CCN. The summed E-state index contributed by atoms with van der Waals surface area (Å²) in [5.41, 5.74) is 6.19. The first kappa shape index (κ1) is 11.7. The maximum absolute atomic E-state index is 12.6. The first-order valence-electron chi connectivity index (χ1n) is 4.82. The molecule has 4 heteroatoms. The Kier molecular flexibility index (Phi) is 4.24. The van der Waals surface area contributed by atoms with E-state index < -0.39 is 0 Å². The highest BCUT2D eigenvalue weighted by Gasteiger charge is 2.07. The number of rotatable bonds is 4. The van der Waals surface area contributed by atoms with Crippen LogP contribution in [0.1, 0.15) is 12.0 Å². The lowest BCUT2D eigenvalue weighted by Gasteiger charge is -2.16. The molecule has 1 aromatic carbocycles. The third-order valence-electron chi connectivity index (χ3n) is 2.12. The molecule has 15 heavy (non-hydrogen) atoms. The number of hydrogen-bond donors (Lipinski definition) is 1. The molecular weight excluding hydrogens is 195 g/mol. The average molecular weight is 210 g/mol. The van der Waals surface area contributed by atoms with Gasteiger partial charge in [0.1, 0.15) is 5.82 Å². The lowest BCUT2D eigenvalue weighted by molar-refractivity contribution is -0.130. The summed E-state index contributed by atoms with van der Waals surface area (Å²) in [5, 5.41) is 0.